The van der Waals surface area contributed by atoms with Gasteiger partial charge < -0.3 is 4.57 Å². The Kier molecular flexibility index (Phi) is 3.94. The predicted octanol–water partition coefficient (Wildman–Crippen LogP) is 8.43. The molecule has 0 unspecified atom stereocenters. The Bertz CT molecular complexity index is 2090. The fourth-order valence-electron chi connectivity index (χ4n) is 5.88. The molecule has 8 rings (SSSR count). The van der Waals surface area contributed by atoms with Gasteiger partial charge in [0.15, 0.2) is 0 Å². The summed E-state index contributed by atoms with van der Waals surface area (Å²) in [6.45, 7) is 0. The monoisotopic (exact) mass is 459 g/mol. The number of hydrogen-bond donors (Lipinski definition) is 0. The summed E-state index contributed by atoms with van der Waals surface area (Å²) in [7, 11) is 0. The lowest BCUT2D eigenvalue weighted by Gasteiger charge is -2.12. The van der Waals surface area contributed by atoms with E-state index in [9.17, 15) is 0 Å². The standard InChI is InChI=1S/C33H21N3/c1-2-12-23(13-3-1)35-29-17-7-6-15-27(29)31-30(35)20-19-25-26-16-9-21-34-33(26)36(32(25)31)28-18-8-11-22-10-4-5-14-24(22)28/h1-21H. The first kappa shape index (κ1) is 19.4. The maximum Gasteiger partial charge on any atom is 0.145 e. The molecule has 36 heavy (non-hydrogen) atoms. The Morgan fingerprint density at radius 1 is 0.472 bits per heavy atom. The third kappa shape index (κ3) is 2.54. The fraction of sp³-hybridized carbons (Fsp3) is 0. The van der Waals surface area contributed by atoms with Crippen LogP contribution in [0, 0.1) is 0 Å². The summed E-state index contributed by atoms with van der Waals surface area (Å²) in [4.78, 5) is 4.91. The summed E-state index contributed by atoms with van der Waals surface area (Å²) >= 11 is 0. The summed E-state index contributed by atoms with van der Waals surface area (Å²) in [5, 5.41) is 7.31. The second-order valence-corrected chi connectivity index (χ2v) is 9.25. The van der Waals surface area contributed by atoms with E-state index >= 15 is 0 Å². The molecule has 0 N–H and O–H groups in total. The molecule has 0 bridgehead atoms. The van der Waals surface area contributed by atoms with Crippen LogP contribution >= 0.6 is 0 Å². The molecular weight excluding hydrogens is 438 g/mol. The number of pyridine rings is 1. The number of rotatable bonds is 2. The van der Waals surface area contributed by atoms with Gasteiger partial charge in [0.1, 0.15) is 5.65 Å². The van der Waals surface area contributed by atoms with Gasteiger partial charge in [-0.1, -0.05) is 78.9 Å². The molecule has 0 saturated heterocycles. The summed E-state index contributed by atoms with van der Waals surface area (Å²) in [6, 6.07) is 43.3. The van der Waals surface area contributed by atoms with Gasteiger partial charge in [-0.25, -0.2) is 4.98 Å². The molecule has 3 nitrogen and oxygen atoms in total. The molecule has 168 valence electrons. The van der Waals surface area contributed by atoms with Gasteiger partial charge in [0.05, 0.1) is 22.2 Å². The van der Waals surface area contributed by atoms with E-state index in [2.05, 4.69) is 124 Å². The van der Waals surface area contributed by atoms with Gasteiger partial charge >= 0.3 is 0 Å². The predicted molar refractivity (Wildman–Crippen MR) is 150 cm³/mol. The summed E-state index contributed by atoms with van der Waals surface area (Å²) in [5.41, 5.74) is 6.88. The van der Waals surface area contributed by atoms with Crippen LogP contribution < -0.4 is 0 Å². The zero-order valence-electron chi connectivity index (χ0n) is 19.5. The molecule has 0 amide bonds. The van der Waals surface area contributed by atoms with E-state index in [1.54, 1.807) is 0 Å². The highest BCUT2D eigenvalue weighted by atomic mass is 15.1. The summed E-state index contributed by atoms with van der Waals surface area (Å²) < 4.78 is 4.75. The molecule has 0 aliphatic carbocycles. The number of hydrogen-bond acceptors (Lipinski definition) is 1. The van der Waals surface area contributed by atoms with Crippen molar-refractivity contribution in [2.45, 2.75) is 0 Å². The highest BCUT2D eigenvalue weighted by molar-refractivity contribution is 6.26. The van der Waals surface area contributed by atoms with Crippen molar-refractivity contribution in [1.29, 1.82) is 0 Å². The zero-order chi connectivity index (χ0) is 23.6. The van der Waals surface area contributed by atoms with Crippen LogP contribution in [0.3, 0.4) is 0 Å². The molecule has 0 aliphatic rings. The van der Waals surface area contributed by atoms with Crippen molar-refractivity contribution in [2.75, 3.05) is 0 Å². The quantitative estimate of drug-likeness (QED) is 0.254. The first-order chi connectivity index (χ1) is 17.9. The molecule has 0 atom stereocenters. The third-order valence-corrected chi connectivity index (χ3v) is 7.35. The summed E-state index contributed by atoms with van der Waals surface area (Å²) in [6.07, 6.45) is 1.90. The van der Waals surface area contributed by atoms with Crippen LogP contribution in [0.2, 0.25) is 0 Å². The van der Waals surface area contributed by atoms with Crippen LogP contribution in [0.5, 0.6) is 0 Å². The molecule has 3 heteroatoms. The topological polar surface area (TPSA) is 22.8 Å². The average Bonchev–Trinajstić information content (AvgIpc) is 3.46. The van der Waals surface area contributed by atoms with E-state index in [4.69, 9.17) is 4.98 Å². The maximum atomic E-state index is 4.91. The van der Waals surface area contributed by atoms with Crippen LogP contribution in [0.1, 0.15) is 0 Å². The largest absolute Gasteiger partial charge is 0.309 e. The molecule has 5 aromatic carbocycles. The van der Waals surface area contributed by atoms with Gasteiger partial charge in [-0.15, -0.1) is 0 Å². The average molecular weight is 460 g/mol. The van der Waals surface area contributed by atoms with Crippen LogP contribution in [0.25, 0.3) is 65.9 Å². The van der Waals surface area contributed by atoms with E-state index in [1.165, 1.54) is 48.9 Å². The molecule has 0 saturated carbocycles. The highest BCUT2D eigenvalue weighted by Gasteiger charge is 2.21. The van der Waals surface area contributed by atoms with Gasteiger partial charge in [0, 0.05) is 38.8 Å². The minimum atomic E-state index is 0.980. The van der Waals surface area contributed by atoms with Crippen molar-refractivity contribution < 1.29 is 0 Å². The first-order valence-electron chi connectivity index (χ1n) is 12.2. The van der Waals surface area contributed by atoms with Crippen LogP contribution in [0.4, 0.5) is 0 Å². The molecule has 0 aliphatic heterocycles. The van der Waals surface area contributed by atoms with Gasteiger partial charge in [0.2, 0.25) is 0 Å². The molecule has 0 fully saturated rings. The highest BCUT2D eigenvalue weighted by Crippen LogP contribution is 2.42. The maximum absolute atomic E-state index is 4.91. The van der Waals surface area contributed by atoms with Gasteiger partial charge in [-0.3, -0.25) is 4.57 Å². The third-order valence-electron chi connectivity index (χ3n) is 7.35. The van der Waals surface area contributed by atoms with Gasteiger partial charge in [0.25, 0.3) is 0 Å². The Balaban J connectivity index is 1.65. The Morgan fingerprint density at radius 2 is 1.22 bits per heavy atom. The SMILES string of the molecule is c1ccc(-n2c3ccccc3c3c2ccc2c4cccnc4n(-c4cccc5ccccc45)c23)cc1. The molecule has 8 aromatic rings. The van der Waals surface area contributed by atoms with E-state index in [0.717, 1.165) is 17.0 Å². The van der Waals surface area contributed by atoms with Crippen LogP contribution in [-0.2, 0) is 0 Å². The Morgan fingerprint density at radius 3 is 2.14 bits per heavy atom. The number of fused-ring (bicyclic) bond motifs is 8. The van der Waals surface area contributed by atoms with Gasteiger partial charge in [-0.05, 0) is 47.9 Å². The minimum Gasteiger partial charge on any atom is -0.309 e. The number of para-hydroxylation sites is 2. The number of nitrogens with zero attached hydrogens (tertiary/aromatic N) is 3. The molecule has 3 heterocycles. The fourth-order valence-corrected chi connectivity index (χ4v) is 5.88. The van der Waals surface area contributed by atoms with Crippen molar-refractivity contribution in [2.24, 2.45) is 0 Å². The minimum absolute atomic E-state index is 0.980. The first-order valence-corrected chi connectivity index (χ1v) is 12.2. The normalized spacial score (nSPS) is 11.9. The lowest BCUT2D eigenvalue weighted by atomic mass is 10.1. The number of benzene rings is 5. The van der Waals surface area contributed by atoms with Crippen molar-refractivity contribution in [3.8, 4) is 11.4 Å². The lowest BCUT2D eigenvalue weighted by molar-refractivity contribution is 1.15. The van der Waals surface area contributed by atoms with Crippen molar-refractivity contribution in [1.82, 2.24) is 14.1 Å². The molecule has 3 aromatic heterocycles. The zero-order valence-corrected chi connectivity index (χ0v) is 19.5. The smallest absolute Gasteiger partial charge is 0.145 e. The molecule has 0 spiro atoms. The van der Waals surface area contributed by atoms with Crippen LogP contribution in [-0.4, -0.2) is 14.1 Å². The lowest BCUT2D eigenvalue weighted by Crippen LogP contribution is -1.97. The van der Waals surface area contributed by atoms with E-state index in [0.29, 0.717) is 0 Å². The van der Waals surface area contributed by atoms with E-state index in [-0.39, 0.29) is 0 Å². The number of aromatic nitrogens is 3. The van der Waals surface area contributed by atoms with Gasteiger partial charge in [-0.2, -0.15) is 0 Å². The van der Waals surface area contributed by atoms with Crippen molar-refractivity contribution >= 4 is 54.5 Å². The second kappa shape index (κ2) is 7.30. The van der Waals surface area contributed by atoms with Crippen LogP contribution in [0.15, 0.2) is 128 Å². The Hall–Kier alpha value is -4.89. The van der Waals surface area contributed by atoms with Crippen molar-refractivity contribution in [3.05, 3.63) is 128 Å². The Labute approximate surface area is 207 Å². The molecule has 0 radical (unpaired) electrons. The molecular formula is C33H21N3. The van der Waals surface area contributed by atoms with E-state index < -0.39 is 0 Å². The summed E-state index contributed by atoms with van der Waals surface area (Å²) in [5.74, 6) is 0. The van der Waals surface area contributed by atoms with Crippen molar-refractivity contribution in [3.63, 3.8) is 0 Å². The second-order valence-electron chi connectivity index (χ2n) is 9.25. The van der Waals surface area contributed by atoms with E-state index in [1.807, 2.05) is 12.3 Å².